The monoisotopic (exact) mass is 173 g/mol. The molecule has 12 heavy (non-hydrogen) atoms. The maximum absolute atomic E-state index is 3.09. The van der Waals surface area contributed by atoms with Crippen molar-refractivity contribution in [3.05, 3.63) is 0 Å². The minimum atomic E-state index is 1.12. The molecule has 0 aromatic rings. The largest absolute Gasteiger partial charge is 0.306 e. The molecule has 0 heterocycles. The molecule has 3 heteroatoms. The average Bonchev–Trinajstić information content (AvgIpc) is 2.04. The Kier molecular flexibility index (Phi) is 7.45. The number of nitrogens with zero attached hydrogens (tertiary/aromatic N) is 2. The normalized spacial score (nSPS) is 11.5. The molecule has 0 saturated heterocycles. The van der Waals surface area contributed by atoms with E-state index in [0.717, 1.165) is 6.54 Å². The van der Waals surface area contributed by atoms with Crippen molar-refractivity contribution < 1.29 is 0 Å². The Morgan fingerprint density at radius 2 is 1.75 bits per heavy atom. The van der Waals surface area contributed by atoms with Gasteiger partial charge in [-0.2, -0.15) is 0 Å². The summed E-state index contributed by atoms with van der Waals surface area (Å²) < 4.78 is 0. The molecule has 0 aliphatic rings. The van der Waals surface area contributed by atoms with Crippen LogP contribution in [0.2, 0.25) is 0 Å². The molecule has 0 unspecified atom stereocenters. The summed E-state index contributed by atoms with van der Waals surface area (Å²) in [7, 11) is 6.21. The van der Waals surface area contributed by atoms with E-state index >= 15 is 0 Å². The summed E-state index contributed by atoms with van der Waals surface area (Å²) in [5.41, 5.74) is 3.09. The molecule has 0 aliphatic carbocycles. The van der Waals surface area contributed by atoms with Gasteiger partial charge in [0, 0.05) is 13.6 Å². The summed E-state index contributed by atoms with van der Waals surface area (Å²) in [6, 6.07) is 0. The number of hydrogen-bond acceptors (Lipinski definition) is 3. The zero-order chi connectivity index (χ0) is 9.40. The predicted octanol–water partition coefficient (Wildman–Crippen LogP) is 0.785. The first-order chi connectivity index (χ1) is 5.70. The zero-order valence-corrected chi connectivity index (χ0v) is 8.93. The zero-order valence-electron chi connectivity index (χ0n) is 8.93. The van der Waals surface area contributed by atoms with Gasteiger partial charge in [0.2, 0.25) is 0 Å². The first-order valence-electron chi connectivity index (χ1n) is 4.77. The highest BCUT2D eigenvalue weighted by Crippen LogP contribution is 1.90. The highest BCUT2D eigenvalue weighted by Gasteiger charge is 1.97. The Morgan fingerprint density at radius 3 is 2.25 bits per heavy atom. The van der Waals surface area contributed by atoms with Crippen molar-refractivity contribution in [1.29, 1.82) is 0 Å². The molecule has 0 bridgehead atoms. The number of rotatable bonds is 7. The van der Waals surface area contributed by atoms with Crippen molar-refractivity contribution in [2.24, 2.45) is 0 Å². The first kappa shape index (κ1) is 11.9. The van der Waals surface area contributed by atoms with Gasteiger partial charge in [-0.15, -0.1) is 0 Å². The molecule has 0 spiro atoms. The van der Waals surface area contributed by atoms with Crippen LogP contribution in [0.3, 0.4) is 0 Å². The molecule has 0 fully saturated rings. The van der Waals surface area contributed by atoms with Gasteiger partial charge in [0.05, 0.1) is 0 Å². The van der Waals surface area contributed by atoms with Crippen LogP contribution in [0.15, 0.2) is 0 Å². The van der Waals surface area contributed by atoms with E-state index in [9.17, 15) is 0 Å². The van der Waals surface area contributed by atoms with Crippen LogP contribution >= 0.6 is 0 Å². The summed E-state index contributed by atoms with van der Waals surface area (Å²) in [6.07, 6.45) is 2.48. The molecule has 3 nitrogen and oxygen atoms in total. The van der Waals surface area contributed by atoms with Crippen molar-refractivity contribution in [2.75, 3.05) is 40.8 Å². The van der Waals surface area contributed by atoms with Gasteiger partial charge in [0.25, 0.3) is 0 Å². The van der Waals surface area contributed by atoms with E-state index in [-0.39, 0.29) is 0 Å². The van der Waals surface area contributed by atoms with Crippen LogP contribution in [0.25, 0.3) is 0 Å². The smallest absolute Gasteiger partial charge is 0.0139 e. The third-order valence-electron chi connectivity index (χ3n) is 2.02. The molecule has 74 valence electrons. The SMILES string of the molecule is CCCN(C)CCCN(C)NC. The van der Waals surface area contributed by atoms with E-state index in [0.29, 0.717) is 0 Å². The lowest BCUT2D eigenvalue weighted by Crippen LogP contribution is -2.33. The summed E-state index contributed by atoms with van der Waals surface area (Å²) in [5.74, 6) is 0. The second kappa shape index (κ2) is 7.53. The maximum Gasteiger partial charge on any atom is 0.0139 e. The highest BCUT2D eigenvalue weighted by molar-refractivity contribution is 4.52. The Morgan fingerprint density at radius 1 is 1.08 bits per heavy atom. The van der Waals surface area contributed by atoms with Crippen LogP contribution in [0.1, 0.15) is 19.8 Å². The molecule has 0 aliphatic heterocycles. The highest BCUT2D eigenvalue weighted by atomic mass is 15.5. The van der Waals surface area contributed by atoms with Crippen LogP contribution < -0.4 is 5.43 Å². The van der Waals surface area contributed by atoms with Gasteiger partial charge in [-0.25, -0.2) is 5.01 Å². The van der Waals surface area contributed by atoms with Crippen LogP contribution in [-0.4, -0.2) is 50.7 Å². The van der Waals surface area contributed by atoms with Gasteiger partial charge in [0.15, 0.2) is 0 Å². The van der Waals surface area contributed by atoms with Crippen LogP contribution in [0, 0.1) is 0 Å². The lowest BCUT2D eigenvalue weighted by atomic mass is 10.3. The molecule has 0 aromatic carbocycles. The lowest BCUT2D eigenvalue weighted by molar-refractivity contribution is 0.234. The van der Waals surface area contributed by atoms with E-state index in [2.05, 4.69) is 36.4 Å². The first-order valence-corrected chi connectivity index (χ1v) is 4.77. The second-order valence-electron chi connectivity index (χ2n) is 3.30. The fourth-order valence-electron chi connectivity index (χ4n) is 1.18. The Balaban J connectivity index is 3.18. The lowest BCUT2D eigenvalue weighted by Gasteiger charge is -2.18. The molecular weight excluding hydrogens is 150 g/mol. The maximum atomic E-state index is 3.09. The number of nitrogens with one attached hydrogen (secondary N) is 1. The fraction of sp³-hybridized carbons (Fsp3) is 1.00. The fourth-order valence-corrected chi connectivity index (χ4v) is 1.18. The van der Waals surface area contributed by atoms with Gasteiger partial charge in [0.1, 0.15) is 0 Å². The van der Waals surface area contributed by atoms with E-state index in [1.165, 1.54) is 25.9 Å². The van der Waals surface area contributed by atoms with E-state index in [1.54, 1.807) is 0 Å². The van der Waals surface area contributed by atoms with E-state index in [1.807, 2.05) is 7.05 Å². The van der Waals surface area contributed by atoms with Crippen molar-refractivity contribution in [3.63, 3.8) is 0 Å². The third kappa shape index (κ3) is 6.58. The second-order valence-corrected chi connectivity index (χ2v) is 3.30. The van der Waals surface area contributed by atoms with Crippen molar-refractivity contribution in [1.82, 2.24) is 15.3 Å². The van der Waals surface area contributed by atoms with Gasteiger partial charge >= 0.3 is 0 Å². The summed E-state index contributed by atoms with van der Waals surface area (Å²) >= 11 is 0. The molecule has 0 saturated carbocycles. The molecule has 1 N–H and O–H groups in total. The van der Waals surface area contributed by atoms with Crippen LogP contribution in [0.5, 0.6) is 0 Å². The minimum Gasteiger partial charge on any atom is -0.306 e. The molecule has 0 amide bonds. The quantitative estimate of drug-likeness (QED) is 0.574. The third-order valence-corrected chi connectivity index (χ3v) is 2.02. The van der Waals surface area contributed by atoms with E-state index in [4.69, 9.17) is 0 Å². The van der Waals surface area contributed by atoms with Crippen LogP contribution in [0.4, 0.5) is 0 Å². The van der Waals surface area contributed by atoms with Crippen molar-refractivity contribution in [2.45, 2.75) is 19.8 Å². The minimum absolute atomic E-state index is 1.12. The Bertz CT molecular complexity index is 95.8. The summed E-state index contributed by atoms with van der Waals surface area (Å²) in [4.78, 5) is 2.38. The molecular formula is C9H23N3. The number of hydrogen-bond donors (Lipinski definition) is 1. The van der Waals surface area contributed by atoms with Gasteiger partial charge < -0.3 is 4.90 Å². The summed E-state index contributed by atoms with van der Waals surface area (Å²) in [5, 5.41) is 2.11. The topological polar surface area (TPSA) is 18.5 Å². The number of hydrazine groups is 1. The van der Waals surface area contributed by atoms with Gasteiger partial charge in [-0.05, 0) is 40.0 Å². The average molecular weight is 173 g/mol. The predicted molar refractivity (Wildman–Crippen MR) is 54.1 cm³/mol. The van der Waals surface area contributed by atoms with Crippen molar-refractivity contribution in [3.8, 4) is 0 Å². The van der Waals surface area contributed by atoms with Crippen LogP contribution in [-0.2, 0) is 0 Å². The molecule has 0 aromatic heterocycles. The molecule has 0 rings (SSSR count). The molecule has 0 atom stereocenters. The van der Waals surface area contributed by atoms with Crippen molar-refractivity contribution >= 4 is 0 Å². The Labute approximate surface area is 76.7 Å². The van der Waals surface area contributed by atoms with E-state index < -0.39 is 0 Å². The summed E-state index contributed by atoms with van der Waals surface area (Å²) in [6.45, 7) is 5.74. The molecule has 0 radical (unpaired) electrons. The standard InChI is InChI=1S/C9H23N3/c1-5-7-11(3)8-6-9-12(4)10-2/h10H,5-9H2,1-4H3. The Hall–Kier alpha value is -0.120. The van der Waals surface area contributed by atoms with Gasteiger partial charge in [-0.1, -0.05) is 6.92 Å². The van der Waals surface area contributed by atoms with Gasteiger partial charge in [-0.3, -0.25) is 5.43 Å².